The zero-order valence-electron chi connectivity index (χ0n) is 15.5. The molecule has 6 heteroatoms. The maximum Gasteiger partial charge on any atom is 0.317 e. The largest absolute Gasteiger partial charge is 0.361 e. The smallest absolute Gasteiger partial charge is 0.317 e. The number of aromatic nitrogens is 1. The number of amides is 2. The Kier molecular flexibility index (Phi) is 5.79. The van der Waals surface area contributed by atoms with Crippen molar-refractivity contribution in [3.8, 4) is 6.07 Å². The molecule has 1 saturated carbocycles. The van der Waals surface area contributed by atoms with Crippen molar-refractivity contribution in [2.24, 2.45) is 5.92 Å². The van der Waals surface area contributed by atoms with Gasteiger partial charge in [-0.15, -0.1) is 0 Å². The predicted octanol–water partition coefficient (Wildman–Crippen LogP) is 2.78. The van der Waals surface area contributed by atoms with Crippen LogP contribution in [0.4, 0.5) is 4.79 Å². The number of likely N-dealkylation sites (N-methyl/N-ethyl adjacent to an activating group) is 1. The predicted molar refractivity (Wildman–Crippen MR) is 103 cm³/mol. The van der Waals surface area contributed by atoms with Crippen molar-refractivity contribution in [2.75, 3.05) is 32.7 Å². The van der Waals surface area contributed by atoms with E-state index in [0.29, 0.717) is 30.5 Å². The average molecular weight is 353 g/mol. The van der Waals surface area contributed by atoms with Crippen molar-refractivity contribution in [1.29, 1.82) is 5.26 Å². The summed E-state index contributed by atoms with van der Waals surface area (Å²) < 4.78 is 0. The van der Waals surface area contributed by atoms with Crippen LogP contribution in [-0.2, 0) is 0 Å². The van der Waals surface area contributed by atoms with Gasteiger partial charge in [0.15, 0.2) is 0 Å². The number of carbonyl (C=O) groups excluding carboxylic acids is 1. The van der Waals surface area contributed by atoms with Gasteiger partial charge < -0.3 is 20.5 Å². The maximum atomic E-state index is 12.3. The number of hydrogen-bond donors (Lipinski definition) is 3. The molecule has 0 radical (unpaired) electrons. The molecule has 2 atom stereocenters. The van der Waals surface area contributed by atoms with Crippen LogP contribution in [0.2, 0.25) is 0 Å². The summed E-state index contributed by atoms with van der Waals surface area (Å²) in [7, 11) is 0. The Bertz CT molecular complexity index is 806. The molecule has 0 spiro atoms. The van der Waals surface area contributed by atoms with E-state index in [1.165, 1.54) is 5.56 Å². The molecule has 26 heavy (non-hydrogen) atoms. The molecule has 1 aliphatic carbocycles. The van der Waals surface area contributed by atoms with Crippen molar-refractivity contribution >= 4 is 16.9 Å². The average Bonchev–Trinajstić information content (AvgIpc) is 3.30. The topological polar surface area (TPSA) is 83.9 Å². The first-order chi connectivity index (χ1) is 12.7. The summed E-state index contributed by atoms with van der Waals surface area (Å²) in [6.07, 6.45) is 3.15. The van der Waals surface area contributed by atoms with Crippen LogP contribution in [0.3, 0.4) is 0 Å². The zero-order chi connectivity index (χ0) is 18.5. The molecule has 3 rings (SSSR count). The molecule has 138 valence electrons. The molecule has 1 aromatic carbocycles. The number of nitrogens with one attached hydrogen (secondary N) is 3. The molecule has 0 saturated heterocycles. The molecule has 2 aromatic rings. The van der Waals surface area contributed by atoms with Crippen LogP contribution in [0.5, 0.6) is 0 Å². The Labute approximate surface area is 154 Å². The van der Waals surface area contributed by atoms with Crippen molar-refractivity contribution in [3.05, 3.63) is 35.5 Å². The van der Waals surface area contributed by atoms with Crippen LogP contribution in [0, 0.1) is 17.2 Å². The van der Waals surface area contributed by atoms with Gasteiger partial charge in [0.05, 0.1) is 11.6 Å². The van der Waals surface area contributed by atoms with Crippen LogP contribution >= 0.6 is 0 Å². The SMILES string of the molecule is CCNCCNC(=O)N(CC)C[C@@H]1C[C@H]1c1c[nH]c2ccc(C#N)cc12. The lowest BCUT2D eigenvalue weighted by Crippen LogP contribution is -2.43. The molecule has 6 nitrogen and oxygen atoms in total. The van der Waals surface area contributed by atoms with Gasteiger partial charge in [0.1, 0.15) is 0 Å². The number of aromatic amines is 1. The van der Waals surface area contributed by atoms with Crippen LogP contribution in [0.15, 0.2) is 24.4 Å². The van der Waals surface area contributed by atoms with Gasteiger partial charge in [0.25, 0.3) is 0 Å². The number of benzene rings is 1. The molecular weight excluding hydrogens is 326 g/mol. The lowest BCUT2D eigenvalue weighted by atomic mass is 10.1. The van der Waals surface area contributed by atoms with Gasteiger partial charge in [-0.3, -0.25) is 0 Å². The van der Waals surface area contributed by atoms with Gasteiger partial charge in [0.2, 0.25) is 0 Å². The molecular formula is C20H27N5O. The normalized spacial score (nSPS) is 18.5. The second kappa shape index (κ2) is 8.24. The molecule has 1 aromatic heterocycles. The third kappa shape index (κ3) is 4.00. The van der Waals surface area contributed by atoms with Crippen LogP contribution < -0.4 is 10.6 Å². The number of nitrogens with zero attached hydrogens (tertiary/aromatic N) is 2. The van der Waals surface area contributed by atoms with E-state index in [9.17, 15) is 4.79 Å². The van der Waals surface area contributed by atoms with Gasteiger partial charge in [-0.2, -0.15) is 5.26 Å². The highest BCUT2D eigenvalue weighted by molar-refractivity contribution is 5.85. The number of nitriles is 1. The third-order valence-electron chi connectivity index (χ3n) is 5.12. The fourth-order valence-electron chi connectivity index (χ4n) is 3.53. The monoisotopic (exact) mass is 353 g/mol. The van der Waals surface area contributed by atoms with Crippen LogP contribution in [-0.4, -0.2) is 48.6 Å². The minimum absolute atomic E-state index is 0.0155. The highest BCUT2D eigenvalue weighted by Gasteiger charge is 2.41. The van der Waals surface area contributed by atoms with Crippen LogP contribution in [0.1, 0.15) is 37.3 Å². The van der Waals surface area contributed by atoms with E-state index >= 15 is 0 Å². The number of fused-ring (bicyclic) bond motifs is 1. The lowest BCUT2D eigenvalue weighted by molar-refractivity contribution is 0.198. The molecule has 3 N–H and O–H groups in total. The Morgan fingerprint density at radius 1 is 1.38 bits per heavy atom. The van der Waals surface area contributed by atoms with E-state index in [4.69, 9.17) is 5.26 Å². The van der Waals surface area contributed by atoms with Crippen molar-refractivity contribution in [3.63, 3.8) is 0 Å². The van der Waals surface area contributed by atoms with Gasteiger partial charge in [-0.05, 0) is 55.5 Å². The first-order valence-electron chi connectivity index (χ1n) is 9.42. The fraction of sp³-hybridized carbons (Fsp3) is 0.500. The summed E-state index contributed by atoms with van der Waals surface area (Å²) >= 11 is 0. The van der Waals surface area contributed by atoms with Gasteiger partial charge in [0, 0.05) is 43.3 Å². The second-order valence-corrected chi connectivity index (χ2v) is 6.84. The van der Waals surface area contributed by atoms with Crippen LogP contribution in [0.25, 0.3) is 10.9 Å². The first kappa shape index (κ1) is 18.3. The summed E-state index contributed by atoms with van der Waals surface area (Å²) in [6, 6.07) is 7.99. The zero-order valence-corrected chi connectivity index (χ0v) is 15.5. The standard InChI is InChI=1S/C20H27N5O/c1-3-22-7-8-23-20(26)25(4-2)13-15-10-16(15)18-12-24-19-6-5-14(11-21)9-17(18)19/h5-6,9,12,15-16,22,24H,3-4,7-8,10,13H2,1-2H3,(H,23,26)/t15-,16+/m0/s1. The van der Waals surface area contributed by atoms with Crippen molar-refractivity contribution < 1.29 is 4.79 Å². The molecule has 0 unspecified atom stereocenters. The quantitative estimate of drug-likeness (QED) is 0.638. The number of urea groups is 1. The fourth-order valence-corrected chi connectivity index (χ4v) is 3.53. The summed E-state index contributed by atoms with van der Waals surface area (Å²) in [5.74, 6) is 0.945. The van der Waals surface area contributed by atoms with E-state index in [1.54, 1.807) is 0 Å². The van der Waals surface area contributed by atoms with Gasteiger partial charge in [-0.1, -0.05) is 6.92 Å². The van der Waals surface area contributed by atoms with E-state index in [2.05, 4.69) is 34.8 Å². The number of H-pyrrole nitrogens is 1. The van der Waals surface area contributed by atoms with Gasteiger partial charge in [-0.25, -0.2) is 4.79 Å². The number of carbonyl (C=O) groups is 1. The van der Waals surface area contributed by atoms with Crippen molar-refractivity contribution in [2.45, 2.75) is 26.2 Å². The Hall–Kier alpha value is -2.52. The summed E-state index contributed by atoms with van der Waals surface area (Å²) in [5.41, 5.74) is 3.02. The first-order valence-corrected chi connectivity index (χ1v) is 9.42. The van der Waals surface area contributed by atoms with E-state index in [0.717, 1.165) is 37.0 Å². The van der Waals surface area contributed by atoms with E-state index in [-0.39, 0.29) is 6.03 Å². The Morgan fingerprint density at radius 3 is 2.96 bits per heavy atom. The summed E-state index contributed by atoms with van der Waals surface area (Å²) in [5, 5.41) is 16.5. The summed E-state index contributed by atoms with van der Waals surface area (Å²) in [4.78, 5) is 17.5. The molecule has 0 aliphatic heterocycles. The summed E-state index contributed by atoms with van der Waals surface area (Å²) in [6.45, 7) is 7.92. The Balaban J connectivity index is 1.59. The molecule has 1 fully saturated rings. The molecule has 0 bridgehead atoms. The molecule has 1 aliphatic rings. The lowest BCUT2D eigenvalue weighted by Gasteiger charge is -2.21. The highest BCUT2D eigenvalue weighted by Crippen LogP contribution is 2.49. The second-order valence-electron chi connectivity index (χ2n) is 6.84. The van der Waals surface area contributed by atoms with Crippen molar-refractivity contribution in [1.82, 2.24) is 20.5 Å². The molecule has 1 heterocycles. The van der Waals surface area contributed by atoms with Gasteiger partial charge >= 0.3 is 6.03 Å². The minimum atomic E-state index is 0.0155. The number of rotatable bonds is 8. The maximum absolute atomic E-state index is 12.3. The molecule has 2 amide bonds. The minimum Gasteiger partial charge on any atom is -0.361 e. The van der Waals surface area contributed by atoms with E-state index in [1.807, 2.05) is 30.0 Å². The Morgan fingerprint density at radius 2 is 2.23 bits per heavy atom. The third-order valence-corrected chi connectivity index (χ3v) is 5.12. The van der Waals surface area contributed by atoms with E-state index < -0.39 is 0 Å². The highest BCUT2D eigenvalue weighted by atomic mass is 16.2. The number of hydrogen-bond acceptors (Lipinski definition) is 3.